The number of nitro benzene ring substituents is 2. The van der Waals surface area contributed by atoms with E-state index in [-0.39, 0.29) is 6.54 Å². The van der Waals surface area contributed by atoms with Crippen molar-refractivity contribution in [1.29, 1.82) is 0 Å². The molecule has 1 aromatic carbocycles. The van der Waals surface area contributed by atoms with Crippen LogP contribution in [0.4, 0.5) is 35.9 Å². The first-order chi connectivity index (χ1) is 12.6. The van der Waals surface area contributed by atoms with Crippen molar-refractivity contribution in [2.45, 2.75) is 38.3 Å². The van der Waals surface area contributed by atoms with Crippen molar-refractivity contribution in [2.75, 3.05) is 17.6 Å². The van der Waals surface area contributed by atoms with E-state index in [4.69, 9.17) is 5.73 Å². The number of nitrogens with two attached hydrogens (primary N) is 1. The van der Waals surface area contributed by atoms with Crippen molar-refractivity contribution >= 4 is 22.7 Å². The molecule has 27 heavy (non-hydrogen) atoms. The fraction of sp³-hybridized carbons (Fsp3) is 0.500. The number of benzene rings is 1. The number of allylic oxidation sites excluding steroid dienone is 1. The number of rotatable bonds is 8. The average molecular weight is 388 g/mol. The molecular formula is C16H19F3N4O4. The summed E-state index contributed by atoms with van der Waals surface area (Å²) < 4.78 is 40.4. The van der Waals surface area contributed by atoms with Gasteiger partial charge in [-0.25, -0.2) is 0 Å². The van der Waals surface area contributed by atoms with Gasteiger partial charge < -0.3 is 11.1 Å². The topological polar surface area (TPSA) is 124 Å². The second-order valence-electron chi connectivity index (χ2n) is 6.36. The predicted octanol–water partition coefficient (Wildman–Crippen LogP) is 4.43. The highest BCUT2D eigenvalue weighted by atomic mass is 19.4. The van der Waals surface area contributed by atoms with Gasteiger partial charge >= 0.3 is 17.6 Å². The molecule has 0 bridgehead atoms. The first kappa shape index (κ1) is 20.5. The highest BCUT2D eigenvalue weighted by Crippen LogP contribution is 2.50. The molecule has 11 heteroatoms. The minimum absolute atomic E-state index is 0.157. The summed E-state index contributed by atoms with van der Waals surface area (Å²) in [5, 5.41) is 25.6. The number of halogens is 3. The van der Waals surface area contributed by atoms with Gasteiger partial charge in [-0.1, -0.05) is 25.3 Å². The van der Waals surface area contributed by atoms with Crippen LogP contribution >= 0.6 is 0 Å². The summed E-state index contributed by atoms with van der Waals surface area (Å²) in [6.45, 7) is 3.47. The Hall–Kier alpha value is -2.85. The lowest BCUT2D eigenvalue weighted by atomic mass is 9.83. The van der Waals surface area contributed by atoms with Gasteiger partial charge in [0.05, 0.1) is 21.0 Å². The minimum Gasteiger partial charge on any atom is -0.393 e. The highest BCUT2D eigenvalue weighted by molar-refractivity contribution is 5.88. The lowest BCUT2D eigenvalue weighted by molar-refractivity contribution is -0.392. The van der Waals surface area contributed by atoms with Crippen LogP contribution in [0, 0.1) is 26.1 Å². The van der Waals surface area contributed by atoms with Gasteiger partial charge in [0.2, 0.25) is 0 Å². The molecule has 0 atom stereocenters. The Bertz CT molecular complexity index is 776. The molecule has 1 aliphatic rings. The monoisotopic (exact) mass is 388 g/mol. The number of nitro groups is 2. The molecular weight excluding hydrogens is 369 g/mol. The largest absolute Gasteiger partial charge is 0.419 e. The molecule has 1 aromatic rings. The molecule has 0 radical (unpaired) electrons. The first-order valence-corrected chi connectivity index (χ1v) is 8.28. The Kier molecular flexibility index (Phi) is 5.91. The summed E-state index contributed by atoms with van der Waals surface area (Å²) >= 11 is 0. The Labute approximate surface area is 152 Å². The smallest absolute Gasteiger partial charge is 0.393 e. The van der Waals surface area contributed by atoms with Crippen LogP contribution in [0.1, 0.15) is 36.8 Å². The predicted molar refractivity (Wildman–Crippen MR) is 93.5 cm³/mol. The van der Waals surface area contributed by atoms with Crippen LogP contribution in [-0.4, -0.2) is 16.4 Å². The third kappa shape index (κ3) is 4.12. The van der Waals surface area contributed by atoms with Crippen LogP contribution in [0.3, 0.4) is 0 Å². The number of hydrogen-bond acceptors (Lipinski definition) is 6. The van der Waals surface area contributed by atoms with Crippen LogP contribution in [0.15, 0.2) is 12.7 Å². The average Bonchev–Trinajstić information content (AvgIpc) is 2.47. The molecule has 0 amide bonds. The quantitative estimate of drug-likeness (QED) is 0.294. The Morgan fingerprint density at radius 1 is 1.22 bits per heavy atom. The number of nitrogen functional groups attached to an aromatic ring is 1. The van der Waals surface area contributed by atoms with E-state index in [9.17, 15) is 33.4 Å². The molecule has 8 nitrogen and oxygen atoms in total. The Morgan fingerprint density at radius 2 is 1.81 bits per heavy atom. The van der Waals surface area contributed by atoms with Gasteiger partial charge in [-0.3, -0.25) is 20.2 Å². The van der Waals surface area contributed by atoms with Gasteiger partial charge in [0.1, 0.15) is 5.69 Å². The molecule has 0 aromatic heterocycles. The van der Waals surface area contributed by atoms with Crippen molar-refractivity contribution in [3.05, 3.63) is 44.0 Å². The van der Waals surface area contributed by atoms with Crippen LogP contribution in [-0.2, 0) is 12.6 Å². The van der Waals surface area contributed by atoms with Crippen molar-refractivity contribution < 1.29 is 23.0 Å². The van der Waals surface area contributed by atoms with Gasteiger partial charge in [-0.15, -0.1) is 6.58 Å². The van der Waals surface area contributed by atoms with Gasteiger partial charge in [-0.2, -0.15) is 13.2 Å². The molecule has 0 spiro atoms. The van der Waals surface area contributed by atoms with E-state index in [1.165, 1.54) is 0 Å². The SMILES string of the molecule is C=CCc1c([N+](=O)[O-])c(NCCC2CCC2)c([N+](=O)[O-])c(N)c1C(F)(F)F. The molecule has 3 N–H and O–H groups in total. The maximum atomic E-state index is 13.5. The third-order valence-electron chi connectivity index (χ3n) is 4.66. The summed E-state index contributed by atoms with van der Waals surface area (Å²) in [4.78, 5) is 20.8. The normalized spacial score (nSPS) is 14.5. The van der Waals surface area contributed by atoms with E-state index in [2.05, 4.69) is 11.9 Å². The lowest BCUT2D eigenvalue weighted by Gasteiger charge is -2.25. The van der Waals surface area contributed by atoms with Crippen LogP contribution in [0.5, 0.6) is 0 Å². The minimum atomic E-state index is -5.09. The van der Waals surface area contributed by atoms with Crippen LogP contribution < -0.4 is 11.1 Å². The van der Waals surface area contributed by atoms with E-state index in [1.54, 1.807) is 0 Å². The second kappa shape index (κ2) is 7.80. The van der Waals surface area contributed by atoms with E-state index in [0.717, 1.165) is 25.3 Å². The zero-order valence-electron chi connectivity index (χ0n) is 14.3. The van der Waals surface area contributed by atoms with Crippen molar-refractivity contribution in [2.24, 2.45) is 5.92 Å². The first-order valence-electron chi connectivity index (χ1n) is 8.28. The Morgan fingerprint density at radius 3 is 2.22 bits per heavy atom. The molecule has 1 fully saturated rings. The summed E-state index contributed by atoms with van der Waals surface area (Å²) in [7, 11) is 0. The van der Waals surface area contributed by atoms with E-state index >= 15 is 0 Å². The number of hydrogen-bond donors (Lipinski definition) is 2. The number of nitrogens with one attached hydrogen (secondary N) is 1. The molecule has 0 aliphatic heterocycles. The van der Waals surface area contributed by atoms with E-state index in [1.807, 2.05) is 0 Å². The van der Waals surface area contributed by atoms with Crippen molar-refractivity contribution in [3.8, 4) is 0 Å². The fourth-order valence-electron chi connectivity index (χ4n) is 3.21. The third-order valence-corrected chi connectivity index (χ3v) is 4.66. The van der Waals surface area contributed by atoms with Crippen molar-refractivity contribution in [1.82, 2.24) is 0 Å². The zero-order valence-corrected chi connectivity index (χ0v) is 14.3. The van der Waals surface area contributed by atoms with E-state index in [0.29, 0.717) is 12.3 Å². The maximum absolute atomic E-state index is 13.5. The fourth-order valence-corrected chi connectivity index (χ4v) is 3.21. The molecule has 1 saturated carbocycles. The maximum Gasteiger partial charge on any atom is 0.419 e. The summed E-state index contributed by atoms with van der Waals surface area (Å²) in [5.74, 6) is 0.398. The standard InChI is InChI=1S/C16H19F3N4O4/c1-2-4-10-11(16(17,18)19)12(20)15(23(26)27)13(14(10)22(24)25)21-8-7-9-5-3-6-9/h2,9,21H,1,3-8,20H2. The van der Waals surface area contributed by atoms with Gasteiger partial charge in [0, 0.05) is 6.54 Å². The van der Waals surface area contributed by atoms with Gasteiger partial charge in [0.15, 0.2) is 5.69 Å². The summed E-state index contributed by atoms with van der Waals surface area (Å²) in [6, 6.07) is 0. The zero-order chi connectivity index (χ0) is 20.4. The molecule has 2 rings (SSSR count). The van der Waals surface area contributed by atoms with E-state index < -0.39 is 56.3 Å². The molecule has 148 valence electrons. The Balaban J connectivity index is 2.68. The lowest BCUT2D eigenvalue weighted by Crippen LogP contribution is -2.20. The van der Waals surface area contributed by atoms with Crippen LogP contribution in [0.2, 0.25) is 0 Å². The number of nitrogens with zero attached hydrogens (tertiary/aromatic N) is 2. The van der Waals surface area contributed by atoms with Crippen LogP contribution in [0.25, 0.3) is 0 Å². The summed E-state index contributed by atoms with van der Waals surface area (Å²) in [5.41, 5.74) is -0.669. The molecule has 0 saturated heterocycles. The van der Waals surface area contributed by atoms with Crippen molar-refractivity contribution in [3.63, 3.8) is 0 Å². The molecule has 0 unspecified atom stereocenters. The second-order valence-corrected chi connectivity index (χ2v) is 6.36. The molecule has 0 heterocycles. The number of alkyl halides is 3. The summed E-state index contributed by atoms with van der Waals surface area (Å²) in [6.07, 6.45) is -0.896. The number of anilines is 2. The highest BCUT2D eigenvalue weighted by Gasteiger charge is 2.45. The van der Waals surface area contributed by atoms with Gasteiger partial charge in [-0.05, 0) is 18.8 Å². The van der Waals surface area contributed by atoms with Gasteiger partial charge in [0.25, 0.3) is 0 Å². The molecule has 1 aliphatic carbocycles.